The van der Waals surface area contributed by atoms with Crippen LogP contribution < -0.4 is 10.6 Å². The number of hydrogen-bond donors (Lipinski definition) is 2. The first-order valence-electron chi connectivity index (χ1n) is 9.03. The Balaban J connectivity index is 1.83. The lowest BCUT2D eigenvalue weighted by atomic mass is 10.00. The summed E-state index contributed by atoms with van der Waals surface area (Å²) in [7, 11) is 1.80. The Bertz CT molecular complexity index is 647. The first kappa shape index (κ1) is 19.0. The normalized spacial score (nSPS) is 12.9. The van der Waals surface area contributed by atoms with E-state index in [-0.39, 0.29) is 6.04 Å². The molecule has 2 N–H and O–H groups in total. The lowest BCUT2D eigenvalue weighted by Gasteiger charge is -2.19. The van der Waals surface area contributed by atoms with Crippen molar-refractivity contribution in [2.75, 3.05) is 13.6 Å². The topological polar surface area (TPSA) is 49.3 Å². The maximum atomic E-state index is 4.32. The molecule has 1 atom stereocenters. The summed E-state index contributed by atoms with van der Waals surface area (Å²) in [6.45, 7) is 7.48. The van der Waals surface area contributed by atoms with Gasteiger partial charge in [-0.25, -0.2) is 0 Å². The van der Waals surface area contributed by atoms with Crippen molar-refractivity contribution in [2.24, 2.45) is 10.9 Å². The van der Waals surface area contributed by atoms with Crippen LogP contribution in [-0.4, -0.2) is 24.5 Å². The molecule has 0 spiro atoms. The van der Waals surface area contributed by atoms with Crippen LogP contribution in [0.2, 0.25) is 0 Å². The van der Waals surface area contributed by atoms with Gasteiger partial charge in [-0.2, -0.15) is 0 Å². The standard InChI is InChI=1S/C21H30N4/c1-16(2)14-18-7-9-20(10-8-18)17(3)25-21(22-4)24-13-11-19-6-5-12-23-15-19/h5-10,12,15-17H,11,13-14H2,1-4H3,(H2,22,24,25). The van der Waals surface area contributed by atoms with E-state index in [9.17, 15) is 0 Å². The summed E-state index contributed by atoms with van der Waals surface area (Å²) in [6.07, 6.45) is 5.75. The second kappa shape index (κ2) is 9.82. The Labute approximate surface area is 151 Å². The van der Waals surface area contributed by atoms with Gasteiger partial charge in [0.1, 0.15) is 0 Å². The van der Waals surface area contributed by atoms with Gasteiger partial charge < -0.3 is 10.6 Å². The molecule has 0 aliphatic rings. The number of aromatic nitrogens is 1. The highest BCUT2D eigenvalue weighted by Gasteiger charge is 2.08. The van der Waals surface area contributed by atoms with Crippen LogP contribution in [0.5, 0.6) is 0 Å². The van der Waals surface area contributed by atoms with Crippen molar-refractivity contribution in [3.05, 3.63) is 65.5 Å². The molecule has 0 bridgehead atoms. The quantitative estimate of drug-likeness (QED) is 0.597. The maximum Gasteiger partial charge on any atom is 0.191 e. The van der Waals surface area contributed by atoms with Crippen molar-refractivity contribution in [3.63, 3.8) is 0 Å². The zero-order chi connectivity index (χ0) is 18.1. The number of aliphatic imine (C=N–C) groups is 1. The Morgan fingerprint density at radius 1 is 1.08 bits per heavy atom. The molecule has 0 aliphatic heterocycles. The van der Waals surface area contributed by atoms with Gasteiger partial charge in [0, 0.05) is 26.0 Å². The summed E-state index contributed by atoms with van der Waals surface area (Å²) in [5, 5.41) is 6.82. The second-order valence-electron chi connectivity index (χ2n) is 6.82. The zero-order valence-electron chi connectivity index (χ0n) is 15.8. The summed E-state index contributed by atoms with van der Waals surface area (Å²) in [5.74, 6) is 1.51. The molecule has 0 fully saturated rings. The lowest BCUT2D eigenvalue weighted by Crippen LogP contribution is -2.39. The molecule has 0 radical (unpaired) electrons. The van der Waals surface area contributed by atoms with Crippen molar-refractivity contribution in [1.29, 1.82) is 0 Å². The van der Waals surface area contributed by atoms with E-state index in [4.69, 9.17) is 0 Å². The van der Waals surface area contributed by atoms with Crippen LogP contribution in [0.4, 0.5) is 0 Å². The van der Waals surface area contributed by atoms with Crippen LogP contribution in [0.3, 0.4) is 0 Å². The molecule has 0 aliphatic carbocycles. The van der Waals surface area contributed by atoms with E-state index in [1.54, 1.807) is 13.2 Å². The fourth-order valence-electron chi connectivity index (χ4n) is 2.77. The zero-order valence-corrected chi connectivity index (χ0v) is 15.8. The van der Waals surface area contributed by atoms with E-state index in [0.717, 1.165) is 25.3 Å². The molecule has 25 heavy (non-hydrogen) atoms. The van der Waals surface area contributed by atoms with Crippen LogP contribution in [-0.2, 0) is 12.8 Å². The average Bonchev–Trinajstić information content (AvgIpc) is 2.61. The minimum atomic E-state index is 0.206. The van der Waals surface area contributed by atoms with Gasteiger partial charge in [0.05, 0.1) is 6.04 Å². The van der Waals surface area contributed by atoms with Crippen LogP contribution >= 0.6 is 0 Å². The monoisotopic (exact) mass is 338 g/mol. The molecule has 1 unspecified atom stereocenters. The fourth-order valence-corrected chi connectivity index (χ4v) is 2.77. The van der Waals surface area contributed by atoms with Crippen LogP contribution in [0, 0.1) is 5.92 Å². The molecule has 0 saturated heterocycles. The molecule has 4 heteroatoms. The van der Waals surface area contributed by atoms with Crippen molar-refractivity contribution in [1.82, 2.24) is 15.6 Å². The third-order valence-electron chi connectivity index (χ3n) is 4.13. The van der Waals surface area contributed by atoms with Gasteiger partial charge in [-0.1, -0.05) is 44.2 Å². The van der Waals surface area contributed by atoms with Gasteiger partial charge in [-0.15, -0.1) is 0 Å². The smallest absolute Gasteiger partial charge is 0.191 e. The molecular weight excluding hydrogens is 308 g/mol. The van der Waals surface area contributed by atoms with E-state index in [0.29, 0.717) is 5.92 Å². The molecule has 1 aromatic heterocycles. The molecule has 0 amide bonds. The Morgan fingerprint density at radius 3 is 2.44 bits per heavy atom. The third-order valence-corrected chi connectivity index (χ3v) is 4.13. The third kappa shape index (κ3) is 6.57. The van der Waals surface area contributed by atoms with Gasteiger partial charge in [-0.3, -0.25) is 9.98 Å². The number of guanidine groups is 1. The van der Waals surface area contributed by atoms with Gasteiger partial charge >= 0.3 is 0 Å². The first-order chi connectivity index (χ1) is 12.1. The molecule has 1 heterocycles. The highest BCUT2D eigenvalue weighted by molar-refractivity contribution is 5.80. The summed E-state index contributed by atoms with van der Waals surface area (Å²) in [4.78, 5) is 8.46. The van der Waals surface area contributed by atoms with Gasteiger partial charge in [0.15, 0.2) is 5.96 Å². The Kier molecular flexibility index (Phi) is 7.45. The summed E-state index contributed by atoms with van der Waals surface area (Å²) in [6, 6.07) is 13.1. The van der Waals surface area contributed by atoms with E-state index >= 15 is 0 Å². The van der Waals surface area contributed by atoms with Crippen molar-refractivity contribution in [3.8, 4) is 0 Å². The predicted molar refractivity (Wildman–Crippen MR) is 106 cm³/mol. The van der Waals surface area contributed by atoms with Crippen molar-refractivity contribution >= 4 is 5.96 Å². The Morgan fingerprint density at radius 2 is 1.84 bits per heavy atom. The van der Waals surface area contributed by atoms with Gasteiger partial charge in [0.2, 0.25) is 0 Å². The summed E-state index contributed by atoms with van der Waals surface area (Å²) in [5.41, 5.74) is 3.88. The van der Waals surface area contributed by atoms with Gasteiger partial charge in [-0.05, 0) is 48.4 Å². The minimum Gasteiger partial charge on any atom is -0.356 e. The van der Waals surface area contributed by atoms with E-state index < -0.39 is 0 Å². The molecule has 2 aromatic rings. The van der Waals surface area contributed by atoms with Gasteiger partial charge in [0.25, 0.3) is 0 Å². The number of benzene rings is 1. The highest BCUT2D eigenvalue weighted by atomic mass is 15.2. The van der Waals surface area contributed by atoms with Crippen LogP contribution in [0.1, 0.15) is 43.5 Å². The second-order valence-corrected chi connectivity index (χ2v) is 6.82. The molecule has 0 saturated carbocycles. The number of hydrogen-bond acceptors (Lipinski definition) is 2. The van der Waals surface area contributed by atoms with E-state index in [1.807, 2.05) is 12.3 Å². The first-order valence-corrected chi connectivity index (χ1v) is 9.03. The van der Waals surface area contributed by atoms with Crippen molar-refractivity contribution in [2.45, 2.75) is 39.7 Å². The predicted octanol–water partition coefficient (Wildman–Crippen LogP) is 3.75. The largest absolute Gasteiger partial charge is 0.356 e. The minimum absolute atomic E-state index is 0.206. The van der Waals surface area contributed by atoms with E-state index in [1.165, 1.54) is 16.7 Å². The van der Waals surface area contributed by atoms with Crippen LogP contribution in [0.15, 0.2) is 53.8 Å². The fraction of sp³-hybridized carbons (Fsp3) is 0.429. The number of nitrogens with one attached hydrogen (secondary N) is 2. The highest BCUT2D eigenvalue weighted by Crippen LogP contribution is 2.15. The SMILES string of the molecule is CN=C(NCCc1cccnc1)NC(C)c1ccc(CC(C)C)cc1. The number of rotatable bonds is 7. The van der Waals surface area contributed by atoms with E-state index in [2.05, 4.69) is 71.7 Å². The molecule has 1 aromatic carbocycles. The van der Waals surface area contributed by atoms with Crippen molar-refractivity contribution < 1.29 is 0 Å². The lowest BCUT2D eigenvalue weighted by molar-refractivity contribution is 0.645. The number of nitrogens with zero attached hydrogens (tertiary/aromatic N) is 2. The summed E-state index contributed by atoms with van der Waals surface area (Å²) >= 11 is 0. The molecule has 4 nitrogen and oxygen atoms in total. The molecular formula is C21H30N4. The molecule has 2 rings (SSSR count). The van der Waals surface area contributed by atoms with Crippen LogP contribution in [0.25, 0.3) is 0 Å². The Hall–Kier alpha value is -2.36. The molecule has 134 valence electrons. The number of pyridine rings is 1. The maximum absolute atomic E-state index is 4.32. The summed E-state index contributed by atoms with van der Waals surface area (Å²) < 4.78 is 0. The average molecular weight is 338 g/mol.